The molecule has 0 spiro atoms. The molecule has 1 aromatic heterocycles. The van der Waals surface area contributed by atoms with Gasteiger partial charge in [0.1, 0.15) is 18.5 Å². The number of aromatic nitrogens is 1. The molecule has 4 nitrogen and oxygen atoms in total. The van der Waals surface area contributed by atoms with Crippen LogP contribution in [0.25, 0.3) is 6.08 Å². The van der Waals surface area contributed by atoms with E-state index in [0.717, 1.165) is 11.6 Å². The number of rotatable bonds is 4. The molecule has 3 heterocycles. The van der Waals surface area contributed by atoms with Gasteiger partial charge in [-0.15, -0.1) is 18.0 Å². The Morgan fingerprint density at radius 2 is 2.07 bits per heavy atom. The zero-order valence-electron chi connectivity index (χ0n) is 15.8. The Morgan fingerprint density at radius 1 is 1.27 bits per heavy atom. The van der Waals surface area contributed by atoms with Gasteiger partial charge in [-0.05, 0) is 12.5 Å². The Kier molecular flexibility index (Phi) is 7.06. The SMILES string of the molecule is F[C@H]1CCN([C@H]2COc3ccccc3[C@@H]2Nc2ccn[c-]c2C=[C-]C(F)(F)F)C1.[Mn+2]. The largest absolute Gasteiger partial charge is 2.00 e. The third-order valence-corrected chi connectivity index (χ3v) is 5.16. The van der Waals surface area contributed by atoms with Crippen LogP contribution in [0.2, 0.25) is 0 Å². The van der Waals surface area contributed by atoms with Crippen molar-refractivity contribution in [3.8, 4) is 5.75 Å². The zero-order valence-corrected chi connectivity index (χ0v) is 17.0. The molecule has 0 unspecified atom stereocenters. The van der Waals surface area contributed by atoms with Crippen LogP contribution >= 0.6 is 0 Å². The summed E-state index contributed by atoms with van der Waals surface area (Å²) >= 11 is 0. The summed E-state index contributed by atoms with van der Waals surface area (Å²) in [5.74, 6) is 0.703. The van der Waals surface area contributed by atoms with E-state index in [2.05, 4.69) is 16.5 Å². The topological polar surface area (TPSA) is 37.4 Å². The van der Waals surface area contributed by atoms with Crippen molar-refractivity contribution in [2.45, 2.75) is 30.9 Å². The molecule has 1 N–H and O–H groups in total. The maximum absolute atomic E-state index is 13.8. The van der Waals surface area contributed by atoms with Crippen molar-refractivity contribution in [2.75, 3.05) is 25.0 Å². The molecule has 159 valence electrons. The van der Waals surface area contributed by atoms with E-state index < -0.39 is 12.3 Å². The first kappa shape index (κ1) is 22.6. The van der Waals surface area contributed by atoms with Gasteiger partial charge in [0.15, 0.2) is 0 Å². The second kappa shape index (κ2) is 9.37. The Hall–Kier alpha value is -2.09. The molecule has 0 saturated carbocycles. The van der Waals surface area contributed by atoms with Gasteiger partial charge < -0.3 is 21.1 Å². The quantitative estimate of drug-likeness (QED) is 0.422. The molecule has 30 heavy (non-hydrogen) atoms. The number of halogens is 4. The van der Waals surface area contributed by atoms with Crippen LogP contribution < -0.4 is 10.1 Å². The molecular weight excluding hydrogens is 441 g/mol. The second-order valence-corrected chi connectivity index (χ2v) is 7.09. The third-order valence-electron chi connectivity index (χ3n) is 5.16. The molecule has 3 atom stereocenters. The predicted molar refractivity (Wildman–Crippen MR) is 100 cm³/mol. The summed E-state index contributed by atoms with van der Waals surface area (Å²) < 4.78 is 57.4. The Balaban J connectivity index is 0.00000256. The summed E-state index contributed by atoms with van der Waals surface area (Å²) in [4.78, 5) is 5.83. The molecule has 9 heteroatoms. The number of allylic oxidation sites excluding steroid dienone is 1. The minimum atomic E-state index is -4.56. The van der Waals surface area contributed by atoms with Crippen LogP contribution in [0.5, 0.6) is 5.75 Å². The fraction of sp³-hybridized carbons (Fsp3) is 0.381. The summed E-state index contributed by atoms with van der Waals surface area (Å²) in [5, 5.41) is 3.33. The van der Waals surface area contributed by atoms with E-state index >= 15 is 0 Å². The van der Waals surface area contributed by atoms with Gasteiger partial charge in [-0.2, -0.15) is 13.2 Å². The van der Waals surface area contributed by atoms with Crippen molar-refractivity contribution in [3.05, 3.63) is 59.9 Å². The van der Waals surface area contributed by atoms with Crippen molar-refractivity contribution in [1.29, 1.82) is 0 Å². The first-order valence-electron chi connectivity index (χ1n) is 9.31. The van der Waals surface area contributed by atoms with E-state index in [1.807, 2.05) is 29.2 Å². The van der Waals surface area contributed by atoms with E-state index in [1.165, 1.54) is 12.3 Å². The number of para-hydroxylation sites is 1. The van der Waals surface area contributed by atoms with Crippen LogP contribution in [0.4, 0.5) is 23.2 Å². The van der Waals surface area contributed by atoms with Crippen LogP contribution in [0, 0.1) is 12.3 Å². The molecule has 1 radical (unpaired) electrons. The minimum Gasteiger partial charge on any atom is -0.491 e. The predicted octanol–water partition coefficient (Wildman–Crippen LogP) is 4.22. The summed E-state index contributed by atoms with van der Waals surface area (Å²) in [6.45, 7) is 1.27. The number of alkyl halides is 4. The van der Waals surface area contributed by atoms with Gasteiger partial charge in [0.2, 0.25) is 0 Å². The number of anilines is 1. The van der Waals surface area contributed by atoms with Crippen LogP contribution in [0.1, 0.15) is 23.6 Å². The normalized spacial score (nSPS) is 24.2. The van der Waals surface area contributed by atoms with Gasteiger partial charge in [0.05, 0.1) is 12.1 Å². The van der Waals surface area contributed by atoms with E-state index in [-0.39, 0.29) is 34.7 Å². The Morgan fingerprint density at radius 3 is 2.80 bits per heavy atom. The molecule has 4 rings (SSSR count). The monoisotopic (exact) mass is 460 g/mol. The zero-order chi connectivity index (χ0) is 20.4. The van der Waals surface area contributed by atoms with Gasteiger partial charge in [0.25, 0.3) is 0 Å². The molecular formula is C21H19F4MnN3O. The van der Waals surface area contributed by atoms with Crippen molar-refractivity contribution < 1.29 is 39.4 Å². The molecule has 1 saturated heterocycles. The summed E-state index contributed by atoms with van der Waals surface area (Å²) in [6.07, 6.45) is 1.27. The van der Waals surface area contributed by atoms with Crippen molar-refractivity contribution in [1.82, 2.24) is 9.88 Å². The Labute approximate surface area is 182 Å². The molecule has 1 fully saturated rings. The number of likely N-dealkylation sites (tertiary alicyclic amines) is 1. The van der Waals surface area contributed by atoms with Gasteiger partial charge in [0, 0.05) is 18.7 Å². The Bertz CT molecular complexity index is 893. The van der Waals surface area contributed by atoms with Gasteiger partial charge in [-0.25, -0.2) is 10.5 Å². The average Bonchev–Trinajstić information content (AvgIpc) is 3.13. The van der Waals surface area contributed by atoms with E-state index in [1.54, 1.807) is 6.07 Å². The fourth-order valence-electron chi connectivity index (χ4n) is 3.81. The number of hydrogen-bond acceptors (Lipinski definition) is 4. The van der Waals surface area contributed by atoms with E-state index in [4.69, 9.17) is 4.74 Å². The minimum absolute atomic E-state index is 0. The summed E-state index contributed by atoms with van der Waals surface area (Å²) in [5.41, 5.74) is 1.47. The maximum Gasteiger partial charge on any atom is 2.00 e. The van der Waals surface area contributed by atoms with Crippen LogP contribution in [-0.2, 0) is 17.1 Å². The number of benzene rings is 1. The number of pyridine rings is 1. The molecule has 2 aromatic rings. The van der Waals surface area contributed by atoms with Crippen molar-refractivity contribution >= 4 is 11.8 Å². The molecule has 0 bridgehead atoms. The van der Waals surface area contributed by atoms with Crippen LogP contribution in [0.15, 0.2) is 36.5 Å². The summed E-state index contributed by atoms with van der Waals surface area (Å²) in [7, 11) is 0. The number of nitrogens with zero attached hydrogens (tertiary/aromatic N) is 2. The van der Waals surface area contributed by atoms with Crippen molar-refractivity contribution in [3.63, 3.8) is 0 Å². The van der Waals surface area contributed by atoms with Crippen LogP contribution in [0.3, 0.4) is 0 Å². The molecule has 1 aromatic carbocycles. The first-order chi connectivity index (χ1) is 13.9. The molecule has 0 aliphatic carbocycles. The maximum atomic E-state index is 13.8. The third kappa shape index (κ3) is 5.14. The molecule has 0 amide bonds. The standard InChI is InChI=1S/C21H19F4N3O.Mn/c22-15-7-10-28(12-15)18-13-29-19-4-2-1-3-16(19)20(18)27-17-6-9-26-11-14(17)5-8-21(23,24)25;/h1-6,9,15,18,20H,7,10,12-13H2,(H,26,27);/q-2;+2/t15-,18-,20-;/m0./s1. The average molecular weight is 460 g/mol. The van der Waals surface area contributed by atoms with Crippen molar-refractivity contribution in [2.24, 2.45) is 0 Å². The molecule has 2 aliphatic rings. The van der Waals surface area contributed by atoms with Gasteiger partial charge >= 0.3 is 23.2 Å². The number of ether oxygens (including phenoxy) is 1. The van der Waals surface area contributed by atoms with Gasteiger partial charge in [-0.3, -0.25) is 10.5 Å². The number of nitrogens with one attached hydrogen (secondary N) is 1. The van der Waals surface area contributed by atoms with Gasteiger partial charge in [-0.1, -0.05) is 24.4 Å². The smallest absolute Gasteiger partial charge is 0.491 e. The molecule has 2 aliphatic heterocycles. The number of fused-ring (bicyclic) bond motifs is 1. The number of hydrogen-bond donors (Lipinski definition) is 1. The van der Waals surface area contributed by atoms with Crippen LogP contribution in [-0.4, -0.2) is 48.0 Å². The van der Waals surface area contributed by atoms with E-state index in [0.29, 0.717) is 37.6 Å². The first-order valence-corrected chi connectivity index (χ1v) is 9.31. The van der Waals surface area contributed by atoms with E-state index in [9.17, 15) is 17.6 Å². The fourth-order valence-corrected chi connectivity index (χ4v) is 3.81. The second-order valence-electron chi connectivity index (χ2n) is 7.09. The summed E-state index contributed by atoms with van der Waals surface area (Å²) in [6, 6.07) is 8.62.